The van der Waals surface area contributed by atoms with Crippen LogP contribution in [0.4, 0.5) is 5.82 Å². The summed E-state index contributed by atoms with van der Waals surface area (Å²) in [5.41, 5.74) is 0.400. The third-order valence-electron chi connectivity index (χ3n) is 3.24. The lowest BCUT2D eigenvalue weighted by Crippen LogP contribution is -2.44. The molecule has 0 aliphatic carbocycles. The van der Waals surface area contributed by atoms with Crippen LogP contribution in [0.5, 0.6) is 0 Å². The summed E-state index contributed by atoms with van der Waals surface area (Å²) in [4.78, 5) is 28.7. The molecule has 128 valence electrons. The number of pyridine rings is 1. The van der Waals surface area contributed by atoms with Gasteiger partial charge in [-0.05, 0) is 45.0 Å². The highest BCUT2D eigenvalue weighted by Gasteiger charge is 2.19. The molecule has 7 nitrogen and oxygen atoms in total. The first-order valence-electron chi connectivity index (χ1n) is 7.80. The van der Waals surface area contributed by atoms with Gasteiger partial charge in [0.2, 0.25) is 5.91 Å². The van der Waals surface area contributed by atoms with E-state index in [2.05, 4.69) is 20.9 Å². The first kappa shape index (κ1) is 17.5. The maximum atomic E-state index is 12.4. The molecule has 0 aromatic carbocycles. The maximum Gasteiger partial charge on any atom is 0.255 e. The largest absolute Gasteiger partial charge is 0.467 e. The average Bonchev–Trinajstić information content (AvgIpc) is 3.05. The van der Waals surface area contributed by atoms with Crippen molar-refractivity contribution in [1.29, 1.82) is 0 Å². The smallest absolute Gasteiger partial charge is 0.255 e. The fourth-order valence-corrected chi connectivity index (χ4v) is 2.06. The SMILES string of the molecule is CC(C)Nc1ncccc1C(=O)NC(C)C(=O)NCc1ccco1. The monoisotopic (exact) mass is 330 g/mol. The minimum atomic E-state index is -0.681. The van der Waals surface area contributed by atoms with Crippen LogP contribution >= 0.6 is 0 Å². The number of carbonyl (C=O) groups is 2. The molecule has 0 aliphatic heterocycles. The number of rotatable bonds is 7. The second-order valence-corrected chi connectivity index (χ2v) is 5.69. The minimum absolute atomic E-state index is 0.139. The van der Waals surface area contributed by atoms with Gasteiger partial charge in [0.25, 0.3) is 5.91 Å². The Labute approximate surface area is 140 Å². The topological polar surface area (TPSA) is 96.3 Å². The van der Waals surface area contributed by atoms with E-state index in [1.807, 2.05) is 13.8 Å². The van der Waals surface area contributed by atoms with Crippen LogP contribution in [-0.4, -0.2) is 28.9 Å². The van der Waals surface area contributed by atoms with Crippen LogP contribution < -0.4 is 16.0 Å². The molecule has 0 aliphatic rings. The molecule has 0 spiro atoms. The van der Waals surface area contributed by atoms with Gasteiger partial charge in [-0.25, -0.2) is 4.98 Å². The molecular formula is C17H22N4O3. The van der Waals surface area contributed by atoms with Gasteiger partial charge in [-0.2, -0.15) is 0 Å². The second kappa shape index (κ2) is 8.14. The minimum Gasteiger partial charge on any atom is -0.467 e. The molecule has 24 heavy (non-hydrogen) atoms. The molecule has 0 saturated heterocycles. The molecule has 1 unspecified atom stereocenters. The molecule has 2 amide bonds. The zero-order valence-corrected chi connectivity index (χ0v) is 14.0. The van der Waals surface area contributed by atoms with Crippen molar-refractivity contribution in [2.75, 3.05) is 5.32 Å². The van der Waals surface area contributed by atoms with Gasteiger partial charge < -0.3 is 20.4 Å². The third-order valence-corrected chi connectivity index (χ3v) is 3.24. The molecule has 0 fully saturated rings. The predicted octanol–water partition coefficient (Wildman–Crippen LogP) is 1.93. The average molecular weight is 330 g/mol. The first-order chi connectivity index (χ1) is 11.5. The Balaban J connectivity index is 1.94. The van der Waals surface area contributed by atoms with Gasteiger partial charge in [0, 0.05) is 12.2 Å². The summed E-state index contributed by atoms with van der Waals surface area (Å²) < 4.78 is 5.15. The van der Waals surface area contributed by atoms with Crippen molar-refractivity contribution in [3.63, 3.8) is 0 Å². The van der Waals surface area contributed by atoms with Crippen LogP contribution in [0.3, 0.4) is 0 Å². The molecule has 0 bridgehead atoms. The predicted molar refractivity (Wildman–Crippen MR) is 90.5 cm³/mol. The summed E-state index contributed by atoms with van der Waals surface area (Å²) in [6, 6.07) is 6.32. The summed E-state index contributed by atoms with van der Waals surface area (Å²) in [6.07, 6.45) is 3.15. The Morgan fingerprint density at radius 1 is 1.21 bits per heavy atom. The lowest BCUT2D eigenvalue weighted by Gasteiger charge is -2.16. The van der Waals surface area contributed by atoms with Crippen LogP contribution in [0.15, 0.2) is 41.1 Å². The lowest BCUT2D eigenvalue weighted by molar-refractivity contribution is -0.122. The summed E-state index contributed by atoms with van der Waals surface area (Å²) in [7, 11) is 0. The molecule has 7 heteroatoms. The molecule has 2 aromatic rings. The van der Waals surface area contributed by atoms with Gasteiger partial charge in [-0.15, -0.1) is 0 Å². The van der Waals surface area contributed by atoms with Gasteiger partial charge in [-0.1, -0.05) is 0 Å². The Kier molecular flexibility index (Phi) is 5.95. The molecule has 3 N–H and O–H groups in total. The van der Waals surface area contributed by atoms with Crippen molar-refractivity contribution in [2.24, 2.45) is 0 Å². The van der Waals surface area contributed by atoms with Gasteiger partial charge in [-0.3, -0.25) is 9.59 Å². The van der Waals surface area contributed by atoms with Crippen LogP contribution in [0.1, 0.15) is 36.9 Å². The molecule has 0 radical (unpaired) electrons. The number of carbonyl (C=O) groups excluding carboxylic acids is 2. The van der Waals surface area contributed by atoms with Crippen molar-refractivity contribution in [1.82, 2.24) is 15.6 Å². The van der Waals surface area contributed by atoms with Gasteiger partial charge in [0.15, 0.2) is 0 Å². The molecule has 0 saturated carbocycles. The summed E-state index contributed by atoms with van der Waals surface area (Å²) >= 11 is 0. The zero-order chi connectivity index (χ0) is 17.5. The Bertz CT molecular complexity index is 683. The number of aromatic nitrogens is 1. The highest BCUT2D eigenvalue weighted by atomic mass is 16.3. The van der Waals surface area contributed by atoms with E-state index in [1.54, 1.807) is 43.6 Å². The number of furan rings is 1. The highest BCUT2D eigenvalue weighted by Crippen LogP contribution is 2.12. The van der Waals surface area contributed by atoms with Crippen LogP contribution in [0, 0.1) is 0 Å². The zero-order valence-electron chi connectivity index (χ0n) is 14.0. The van der Waals surface area contributed by atoms with Crippen molar-refractivity contribution in [3.05, 3.63) is 48.0 Å². The van der Waals surface area contributed by atoms with Crippen molar-refractivity contribution < 1.29 is 14.0 Å². The normalized spacial score (nSPS) is 11.8. The van der Waals surface area contributed by atoms with Gasteiger partial charge in [0.1, 0.15) is 17.6 Å². The molecule has 1 atom stereocenters. The second-order valence-electron chi connectivity index (χ2n) is 5.69. The third kappa shape index (κ3) is 4.84. The van der Waals surface area contributed by atoms with E-state index in [1.165, 1.54) is 0 Å². The van der Waals surface area contributed by atoms with Crippen molar-refractivity contribution in [2.45, 2.75) is 39.4 Å². The number of hydrogen-bond acceptors (Lipinski definition) is 5. The molecular weight excluding hydrogens is 308 g/mol. The molecule has 2 aromatic heterocycles. The summed E-state index contributed by atoms with van der Waals surface area (Å²) in [5.74, 6) is 0.500. The summed E-state index contributed by atoms with van der Waals surface area (Å²) in [5, 5.41) is 8.50. The number of hydrogen-bond donors (Lipinski definition) is 3. The van der Waals surface area contributed by atoms with E-state index in [4.69, 9.17) is 4.42 Å². The van der Waals surface area contributed by atoms with E-state index in [0.717, 1.165) is 0 Å². The number of amides is 2. The van der Waals surface area contributed by atoms with E-state index in [9.17, 15) is 9.59 Å². The Hall–Kier alpha value is -2.83. The van der Waals surface area contributed by atoms with Crippen molar-refractivity contribution in [3.8, 4) is 0 Å². The first-order valence-corrected chi connectivity index (χ1v) is 7.80. The van der Waals surface area contributed by atoms with E-state index >= 15 is 0 Å². The highest BCUT2D eigenvalue weighted by molar-refractivity contribution is 6.01. The van der Waals surface area contributed by atoms with Gasteiger partial charge >= 0.3 is 0 Å². The maximum absolute atomic E-state index is 12.4. The number of nitrogens with one attached hydrogen (secondary N) is 3. The Morgan fingerprint density at radius 3 is 2.67 bits per heavy atom. The molecule has 2 rings (SSSR count). The number of anilines is 1. The molecule has 2 heterocycles. The standard InChI is InChI=1S/C17H22N4O3/c1-11(2)20-15-14(7-4-8-18-15)17(23)21-12(3)16(22)19-10-13-6-5-9-24-13/h4-9,11-12H,10H2,1-3H3,(H,18,20)(H,19,22)(H,21,23). The summed E-state index contributed by atoms with van der Waals surface area (Å²) in [6.45, 7) is 5.82. The van der Waals surface area contributed by atoms with Crippen LogP contribution in [0.25, 0.3) is 0 Å². The van der Waals surface area contributed by atoms with E-state index < -0.39 is 6.04 Å². The fraction of sp³-hybridized carbons (Fsp3) is 0.353. The van der Waals surface area contributed by atoms with Crippen LogP contribution in [-0.2, 0) is 11.3 Å². The lowest BCUT2D eigenvalue weighted by atomic mass is 10.2. The van der Waals surface area contributed by atoms with Gasteiger partial charge in [0.05, 0.1) is 18.4 Å². The fourth-order valence-electron chi connectivity index (χ4n) is 2.06. The number of nitrogens with zero attached hydrogens (tertiary/aromatic N) is 1. The quantitative estimate of drug-likeness (QED) is 0.721. The van der Waals surface area contributed by atoms with Crippen LogP contribution in [0.2, 0.25) is 0 Å². The van der Waals surface area contributed by atoms with E-state index in [-0.39, 0.29) is 24.4 Å². The van der Waals surface area contributed by atoms with E-state index in [0.29, 0.717) is 17.1 Å². The Morgan fingerprint density at radius 2 is 2.00 bits per heavy atom. The van der Waals surface area contributed by atoms with Crippen molar-refractivity contribution >= 4 is 17.6 Å².